The summed E-state index contributed by atoms with van der Waals surface area (Å²) in [6.45, 7) is 5.25. The molecule has 1 aliphatic rings. The van der Waals surface area contributed by atoms with Gasteiger partial charge in [0.05, 0.1) is 33.3 Å². The Balaban J connectivity index is 0.000000974. The maximum atomic E-state index is 3.36. The van der Waals surface area contributed by atoms with Crippen LogP contribution in [0.15, 0.2) is 158 Å². The summed E-state index contributed by atoms with van der Waals surface area (Å²) in [5, 5.41) is 6.34. The van der Waals surface area contributed by atoms with E-state index in [1.54, 1.807) is 6.08 Å². The van der Waals surface area contributed by atoms with E-state index in [2.05, 4.69) is 178 Å². The lowest BCUT2D eigenvalue weighted by molar-refractivity contribution is 1.11. The Bertz CT molecular complexity index is 2730. The van der Waals surface area contributed by atoms with Crippen LogP contribution in [-0.2, 0) is 0 Å². The molecule has 0 atom stereocenters. The van der Waals surface area contributed by atoms with Crippen LogP contribution in [0, 0.1) is 0 Å². The molecule has 0 amide bonds. The zero-order valence-electron chi connectivity index (χ0n) is 26.1. The molecule has 222 valence electrons. The maximum Gasteiger partial charge on any atom is 0.0624 e. The minimum Gasteiger partial charge on any atom is -0.309 e. The van der Waals surface area contributed by atoms with E-state index in [0.29, 0.717) is 0 Å². The van der Waals surface area contributed by atoms with Crippen LogP contribution in [0.5, 0.6) is 0 Å². The van der Waals surface area contributed by atoms with Gasteiger partial charge in [-0.15, -0.1) is 12.3 Å². The van der Waals surface area contributed by atoms with Crippen molar-refractivity contribution < 1.29 is 0 Å². The predicted octanol–water partition coefficient (Wildman–Crippen LogP) is 11.7. The zero-order valence-corrected chi connectivity index (χ0v) is 26.1. The number of rotatable bonds is 3. The van der Waals surface area contributed by atoms with E-state index in [9.17, 15) is 0 Å². The molecule has 9 aromatic rings. The van der Waals surface area contributed by atoms with Gasteiger partial charge in [0.15, 0.2) is 0 Å². The third-order valence-corrected chi connectivity index (χ3v) is 9.23. The van der Waals surface area contributed by atoms with Crippen molar-refractivity contribution in [3.8, 4) is 17.1 Å². The van der Waals surface area contributed by atoms with Gasteiger partial charge in [-0.2, -0.15) is 0 Å². The summed E-state index contributed by atoms with van der Waals surface area (Å²) in [5.41, 5.74) is 15.3. The number of para-hydroxylation sites is 4. The number of aromatic nitrogens is 3. The summed E-state index contributed by atoms with van der Waals surface area (Å²) in [6, 6.07) is 50.4. The zero-order chi connectivity index (χ0) is 31.5. The van der Waals surface area contributed by atoms with Crippen molar-refractivity contribution in [2.75, 3.05) is 0 Å². The molecule has 0 N–H and O–H groups in total. The van der Waals surface area contributed by atoms with Crippen LogP contribution in [0.25, 0.3) is 83.7 Å². The van der Waals surface area contributed by atoms with E-state index < -0.39 is 0 Å². The number of fused-ring (bicyclic) bond motifs is 10. The fourth-order valence-electron chi connectivity index (χ4n) is 7.47. The van der Waals surface area contributed by atoms with E-state index in [4.69, 9.17) is 0 Å². The fourth-order valence-corrected chi connectivity index (χ4v) is 7.47. The van der Waals surface area contributed by atoms with Crippen LogP contribution >= 0.6 is 0 Å². The van der Waals surface area contributed by atoms with Gasteiger partial charge >= 0.3 is 0 Å². The molecule has 0 saturated heterocycles. The van der Waals surface area contributed by atoms with Gasteiger partial charge in [-0.25, -0.2) is 0 Å². The van der Waals surface area contributed by atoms with E-state index >= 15 is 0 Å². The number of benzene rings is 6. The molecule has 0 unspecified atom stereocenters. The van der Waals surface area contributed by atoms with Crippen molar-refractivity contribution in [1.82, 2.24) is 13.7 Å². The van der Waals surface area contributed by atoms with Gasteiger partial charge in [-0.1, -0.05) is 78.9 Å². The smallest absolute Gasteiger partial charge is 0.0624 e. The normalized spacial score (nSPS) is 11.9. The Morgan fingerprint density at radius 1 is 0.468 bits per heavy atom. The molecule has 3 nitrogen and oxygen atoms in total. The van der Waals surface area contributed by atoms with Crippen LogP contribution in [0.4, 0.5) is 0 Å². The Morgan fingerprint density at radius 3 is 1.53 bits per heavy atom. The molecule has 3 aromatic heterocycles. The summed E-state index contributed by atoms with van der Waals surface area (Å²) < 4.78 is 7.19. The summed E-state index contributed by atoms with van der Waals surface area (Å²) >= 11 is 0. The molecule has 0 saturated carbocycles. The molecule has 10 rings (SSSR count). The van der Waals surface area contributed by atoms with E-state index in [0.717, 1.165) is 11.4 Å². The Labute approximate surface area is 272 Å². The third-order valence-electron chi connectivity index (χ3n) is 9.23. The molecule has 3 heterocycles. The number of nitrogens with zero attached hydrogens (tertiary/aromatic N) is 3. The van der Waals surface area contributed by atoms with Gasteiger partial charge in [-0.05, 0) is 79.7 Å². The van der Waals surface area contributed by atoms with Crippen molar-refractivity contribution in [1.29, 1.82) is 0 Å². The molecule has 0 spiro atoms. The van der Waals surface area contributed by atoms with Crippen molar-refractivity contribution in [2.45, 2.75) is 6.92 Å². The third kappa shape index (κ3) is 3.94. The van der Waals surface area contributed by atoms with E-state index in [1.807, 2.05) is 6.92 Å². The first-order valence-electron chi connectivity index (χ1n) is 16.0. The minimum atomic E-state index is 1.16. The first kappa shape index (κ1) is 27.1. The Hall–Kier alpha value is -6.28. The minimum absolute atomic E-state index is 1.16. The Morgan fingerprint density at radius 2 is 0.936 bits per heavy atom. The van der Waals surface area contributed by atoms with Crippen LogP contribution in [0.3, 0.4) is 0 Å². The molecule has 0 bridgehead atoms. The van der Waals surface area contributed by atoms with Crippen molar-refractivity contribution in [3.05, 3.63) is 169 Å². The SMILES string of the molecule is C1=Cc2c(n(-c3ccccc3)c3ccc(-n4c5ccccc5c5c6c7ccccc7n(-c7ccccc7)c6ccc54)cc23)C=1.C=CC. The van der Waals surface area contributed by atoms with Crippen molar-refractivity contribution in [2.24, 2.45) is 0 Å². The fraction of sp³-hybridized carbons (Fsp3) is 0.0227. The lowest BCUT2D eigenvalue weighted by Gasteiger charge is -2.11. The standard InChI is InChI=1S/C41H25N3.C3H6/c1-3-12-27(13-4-1)42-34-21-11-18-30(34)33-26-29(22-23-37(33)42)44-36-20-10-8-17-32(36)41-39(44)25-24-38-40(41)31-16-7-9-19-35(31)43(38)28-14-5-2-6-15-28;1-3-2/h1-10,12-26H;3H,1H2,2H3. The largest absolute Gasteiger partial charge is 0.309 e. The molecule has 3 heteroatoms. The van der Waals surface area contributed by atoms with E-state index in [1.165, 1.54) is 71.5 Å². The van der Waals surface area contributed by atoms with Gasteiger partial charge in [0.2, 0.25) is 0 Å². The number of hydrogen-bond acceptors (Lipinski definition) is 0. The topological polar surface area (TPSA) is 14.8 Å². The summed E-state index contributed by atoms with van der Waals surface area (Å²) in [5.74, 6) is 0. The molecule has 1 aliphatic carbocycles. The molecule has 0 aliphatic heterocycles. The molecule has 0 fully saturated rings. The van der Waals surface area contributed by atoms with Crippen molar-refractivity contribution in [3.63, 3.8) is 0 Å². The van der Waals surface area contributed by atoms with Gasteiger partial charge in [0.25, 0.3) is 0 Å². The molecular weight excluding hydrogens is 571 g/mol. The van der Waals surface area contributed by atoms with Crippen LogP contribution in [0.1, 0.15) is 18.2 Å². The quantitative estimate of drug-likeness (QED) is 0.141. The van der Waals surface area contributed by atoms with Crippen molar-refractivity contribution >= 4 is 66.7 Å². The highest BCUT2D eigenvalue weighted by Crippen LogP contribution is 2.43. The van der Waals surface area contributed by atoms with Crippen LogP contribution in [-0.4, -0.2) is 13.7 Å². The van der Waals surface area contributed by atoms with Gasteiger partial charge in [0.1, 0.15) is 0 Å². The predicted molar refractivity (Wildman–Crippen MR) is 200 cm³/mol. The lowest BCUT2D eigenvalue weighted by Crippen LogP contribution is -1.97. The summed E-state index contributed by atoms with van der Waals surface area (Å²) in [7, 11) is 0. The van der Waals surface area contributed by atoms with Crippen LogP contribution < -0.4 is 0 Å². The lowest BCUT2D eigenvalue weighted by atomic mass is 10.1. The number of allylic oxidation sites excluding steroid dienone is 1. The second kappa shape index (κ2) is 10.7. The average molecular weight is 602 g/mol. The molecule has 6 aromatic carbocycles. The first-order valence-corrected chi connectivity index (χ1v) is 16.0. The maximum absolute atomic E-state index is 3.36. The summed E-state index contributed by atoms with van der Waals surface area (Å²) in [6.07, 6.45) is 5.97. The first-order chi connectivity index (χ1) is 23.3. The van der Waals surface area contributed by atoms with Gasteiger partial charge < -0.3 is 13.7 Å². The highest BCUT2D eigenvalue weighted by molar-refractivity contribution is 6.29. The second-order valence-corrected chi connectivity index (χ2v) is 11.9. The van der Waals surface area contributed by atoms with Gasteiger partial charge in [0, 0.05) is 55.6 Å². The molecular formula is C44H31N3. The molecule has 47 heavy (non-hydrogen) atoms. The highest BCUT2D eigenvalue weighted by atomic mass is 15.0. The second-order valence-electron chi connectivity index (χ2n) is 11.9. The molecule has 0 radical (unpaired) electrons. The number of hydrogen-bond donors (Lipinski definition) is 0. The monoisotopic (exact) mass is 601 g/mol. The van der Waals surface area contributed by atoms with Crippen LogP contribution in [0.2, 0.25) is 0 Å². The van der Waals surface area contributed by atoms with E-state index in [-0.39, 0.29) is 0 Å². The average Bonchev–Trinajstić information content (AvgIpc) is 3.88. The van der Waals surface area contributed by atoms with Gasteiger partial charge in [-0.3, -0.25) is 0 Å². The Kier molecular flexibility index (Phi) is 6.14. The summed E-state index contributed by atoms with van der Waals surface area (Å²) in [4.78, 5) is 0. The highest BCUT2D eigenvalue weighted by Gasteiger charge is 2.22.